The number of hydrogen-bond donors (Lipinski definition) is 4. The lowest BCUT2D eigenvalue weighted by Crippen LogP contribution is -2.60. The Morgan fingerprint density at radius 3 is 2.64 bits per heavy atom. The van der Waals surface area contributed by atoms with Gasteiger partial charge in [-0.25, -0.2) is 0 Å². The number of hydrogen-bond acceptors (Lipinski definition) is 7. The Balaban J connectivity index is 2.17. The van der Waals surface area contributed by atoms with Gasteiger partial charge >= 0.3 is 0 Å². The zero-order valence-corrected chi connectivity index (χ0v) is 11.8. The smallest absolute Gasteiger partial charge is 0.195 e. The molecule has 2 rings (SSSR count). The highest BCUT2D eigenvalue weighted by molar-refractivity contribution is 5.46. The van der Waals surface area contributed by atoms with Gasteiger partial charge in [0.15, 0.2) is 12.4 Å². The average molecular weight is 311 g/mol. The number of aliphatic hydroxyl groups is 4. The molecule has 0 unspecified atom stereocenters. The molecule has 0 aromatic heterocycles. The van der Waals surface area contributed by atoms with Gasteiger partial charge < -0.3 is 29.9 Å². The zero-order chi connectivity index (χ0) is 16.3. The molecule has 22 heavy (non-hydrogen) atoms. The largest absolute Gasteiger partial charge is 0.482 e. The van der Waals surface area contributed by atoms with Crippen molar-refractivity contribution >= 4 is 5.69 Å². The van der Waals surface area contributed by atoms with Crippen LogP contribution in [0, 0.1) is 6.92 Å². The molecule has 0 aliphatic carbocycles. The molecule has 1 fully saturated rings. The lowest BCUT2D eigenvalue weighted by atomic mass is 9.99. The monoisotopic (exact) mass is 311 g/mol. The van der Waals surface area contributed by atoms with E-state index in [9.17, 15) is 15.3 Å². The molecule has 1 aliphatic heterocycles. The molecule has 0 spiro atoms. The van der Waals surface area contributed by atoms with Crippen molar-refractivity contribution in [2.75, 3.05) is 6.61 Å². The van der Waals surface area contributed by atoms with Crippen molar-refractivity contribution in [3.63, 3.8) is 0 Å². The third-order valence-electron chi connectivity index (χ3n) is 3.42. The highest BCUT2D eigenvalue weighted by Crippen LogP contribution is 2.29. The molecule has 4 N–H and O–H groups in total. The fourth-order valence-electron chi connectivity index (χ4n) is 2.23. The maximum atomic E-state index is 10.0. The van der Waals surface area contributed by atoms with E-state index in [-0.39, 0.29) is 0 Å². The fourth-order valence-corrected chi connectivity index (χ4v) is 2.23. The molecule has 9 nitrogen and oxygen atoms in total. The van der Waals surface area contributed by atoms with Crippen molar-refractivity contribution in [1.29, 1.82) is 0 Å². The standard InChI is InChI=1S/C13H17N3O6/c1-6-4-7(15-16-14)2-3-8(6)21-12-11(19)10(18)9(5-17)22-13(12)20/h2-4,9-13,17-20H,5H2,1H3/t9-,10-,11+,12+,13+/m1/s1. The molecule has 0 bridgehead atoms. The van der Waals surface area contributed by atoms with Gasteiger partial charge in [0.1, 0.15) is 24.1 Å². The maximum Gasteiger partial charge on any atom is 0.195 e. The van der Waals surface area contributed by atoms with Gasteiger partial charge in [0.05, 0.1) is 6.61 Å². The van der Waals surface area contributed by atoms with Gasteiger partial charge in [-0.05, 0) is 36.2 Å². The first kappa shape index (κ1) is 16.5. The van der Waals surface area contributed by atoms with Crippen LogP contribution in [-0.2, 0) is 4.74 Å². The number of nitrogens with zero attached hydrogens (tertiary/aromatic N) is 3. The van der Waals surface area contributed by atoms with Crippen LogP contribution in [0.2, 0.25) is 0 Å². The Morgan fingerprint density at radius 1 is 1.32 bits per heavy atom. The zero-order valence-electron chi connectivity index (χ0n) is 11.8. The Hall–Kier alpha value is -1.87. The lowest BCUT2D eigenvalue weighted by Gasteiger charge is -2.40. The van der Waals surface area contributed by atoms with Crippen LogP contribution in [0.1, 0.15) is 5.56 Å². The van der Waals surface area contributed by atoms with E-state index in [0.29, 0.717) is 17.0 Å². The topological polar surface area (TPSA) is 148 Å². The highest BCUT2D eigenvalue weighted by atomic mass is 16.7. The normalized spacial score (nSPS) is 31.4. The van der Waals surface area contributed by atoms with Gasteiger partial charge in [-0.15, -0.1) is 0 Å². The number of aliphatic hydroxyl groups excluding tert-OH is 4. The summed E-state index contributed by atoms with van der Waals surface area (Å²) in [7, 11) is 0. The van der Waals surface area contributed by atoms with Crippen LogP contribution in [0.4, 0.5) is 5.69 Å². The van der Waals surface area contributed by atoms with E-state index in [0.717, 1.165) is 0 Å². The summed E-state index contributed by atoms with van der Waals surface area (Å²) in [5, 5.41) is 42.1. The molecule has 0 saturated carbocycles. The minimum Gasteiger partial charge on any atom is -0.482 e. The Morgan fingerprint density at radius 2 is 2.05 bits per heavy atom. The van der Waals surface area contributed by atoms with Crippen LogP contribution in [-0.4, -0.2) is 57.7 Å². The summed E-state index contributed by atoms with van der Waals surface area (Å²) in [6.07, 6.45) is -6.63. The van der Waals surface area contributed by atoms with Gasteiger partial charge in [0.2, 0.25) is 0 Å². The van der Waals surface area contributed by atoms with Crippen molar-refractivity contribution in [2.24, 2.45) is 5.11 Å². The Bertz CT molecular complexity index is 577. The summed E-state index contributed by atoms with van der Waals surface area (Å²) in [4.78, 5) is 2.67. The summed E-state index contributed by atoms with van der Waals surface area (Å²) in [6, 6.07) is 4.60. The number of benzene rings is 1. The first-order valence-corrected chi connectivity index (χ1v) is 6.61. The van der Waals surface area contributed by atoms with Crippen molar-refractivity contribution in [3.8, 4) is 5.75 Å². The quantitative estimate of drug-likeness (QED) is 0.352. The Kier molecular flexibility index (Phi) is 5.19. The van der Waals surface area contributed by atoms with E-state index < -0.39 is 37.3 Å². The van der Waals surface area contributed by atoms with Gasteiger partial charge in [-0.1, -0.05) is 5.11 Å². The predicted molar refractivity (Wildman–Crippen MR) is 74.4 cm³/mol. The molecule has 1 aromatic carbocycles. The molecule has 5 atom stereocenters. The summed E-state index contributed by atoms with van der Waals surface area (Å²) >= 11 is 0. The van der Waals surface area contributed by atoms with E-state index >= 15 is 0 Å². The molecule has 1 saturated heterocycles. The molecule has 1 aliphatic rings. The molecule has 1 aromatic rings. The average Bonchev–Trinajstić information content (AvgIpc) is 2.49. The van der Waals surface area contributed by atoms with Crippen molar-refractivity contribution in [2.45, 2.75) is 37.6 Å². The van der Waals surface area contributed by atoms with Crippen LogP contribution in [0.25, 0.3) is 10.4 Å². The molecule has 1 heterocycles. The predicted octanol–water partition coefficient (Wildman–Crippen LogP) is 0.116. The first-order valence-electron chi connectivity index (χ1n) is 6.61. The second kappa shape index (κ2) is 6.93. The summed E-state index contributed by atoms with van der Waals surface area (Å²) < 4.78 is 10.5. The third-order valence-corrected chi connectivity index (χ3v) is 3.42. The minimum atomic E-state index is -1.51. The van der Waals surface area contributed by atoms with E-state index in [4.69, 9.17) is 20.1 Å². The molecule has 0 radical (unpaired) electrons. The van der Waals surface area contributed by atoms with Crippen LogP contribution in [0.3, 0.4) is 0 Å². The number of rotatable bonds is 4. The van der Waals surface area contributed by atoms with Gasteiger partial charge in [-0.2, -0.15) is 0 Å². The third kappa shape index (κ3) is 3.30. The van der Waals surface area contributed by atoms with Crippen LogP contribution >= 0.6 is 0 Å². The van der Waals surface area contributed by atoms with Crippen molar-refractivity contribution in [3.05, 3.63) is 34.2 Å². The summed E-state index contributed by atoms with van der Waals surface area (Å²) in [6.45, 7) is 1.16. The van der Waals surface area contributed by atoms with E-state index in [1.807, 2.05) is 0 Å². The van der Waals surface area contributed by atoms with E-state index in [1.54, 1.807) is 13.0 Å². The van der Waals surface area contributed by atoms with Gasteiger partial charge in [0.25, 0.3) is 0 Å². The number of ether oxygens (including phenoxy) is 2. The lowest BCUT2D eigenvalue weighted by molar-refractivity contribution is -0.280. The second-order valence-corrected chi connectivity index (χ2v) is 4.95. The molecular weight excluding hydrogens is 294 g/mol. The fraction of sp³-hybridized carbons (Fsp3) is 0.538. The Labute approximate surface area is 126 Å². The summed E-state index contributed by atoms with van der Waals surface area (Å²) in [5.74, 6) is 0.332. The van der Waals surface area contributed by atoms with Crippen molar-refractivity contribution < 1.29 is 29.9 Å². The molecule has 9 heteroatoms. The minimum absolute atomic E-state index is 0.332. The molecular formula is C13H17N3O6. The van der Waals surface area contributed by atoms with Gasteiger partial charge in [0, 0.05) is 10.6 Å². The molecule has 0 amide bonds. The van der Waals surface area contributed by atoms with Gasteiger partial charge in [-0.3, -0.25) is 0 Å². The second-order valence-electron chi connectivity index (χ2n) is 4.95. The highest BCUT2D eigenvalue weighted by Gasteiger charge is 2.45. The summed E-state index contributed by atoms with van der Waals surface area (Å²) in [5.41, 5.74) is 9.39. The van der Waals surface area contributed by atoms with Crippen LogP contribution in [0.15, 0.2) is 23.3 Å². The SMILES string of the molecule is Cc1cc(N=[N+]=[N-])ccc1O[C@H]1[C@@H](O)[C@H](O)[C@@H](CO)O[C@@H]1O. The van der Waals surface area contributed by atoms with E-state index in [2.05, 4.69) is 10.0 Å². The van der Waals surface area contributed by atoms with Crippen LogP contribution in [0.5, 0.6) is 5.75 Å². The van der Waals surface area contributed by atoms with E-state index in [1.165, 1.54) is 12.1 Å². The first-order chi connectivity index (χ1) is 10.5. The number of azide groups is 1. The number of aryl methyl sites for hydroxylation is 1. The van der Waals surface area contributed by atoms with Crippen LogP contribution < -0.4 is 4.74 Å². The molecule has 120 valence electrons. The maximum absolute atomic E-state index is 10.0. The van der Waals surface area contributed by atoms with Crippen molar-refractivity contribution in [1.82, 2.24) is 0 Å².